The monoisotopic (exact) mass is 722 g/mol. The number of aliphatic hydroxyl groups is 2. The van der Waals surface area contributed by atoms with E-state index >= 15 is 0 Å². The van der Waals surface area contributed by atoms with Crippen LogP contribution in [0.4, 0.5) is 9.59 Å². The Morgan fingerprint density at radius 3 is 1.19 bits per heavy atom. The van der Waals surface area contributed by atoms with Crippen molar-refractivity contribution in [1.82, 2.24) is 30.2 Å². The molecular formula is C36H50N8O8. The molecular weight excluding hydrogens is 672 g/mol. The van der Waals surface area contributed by atoms with Gasteiger partial charge in [-0.15, -0.1) is 0 Å². The molecule has 16 heteroatoms. The Bertz CT molecular complexity index is 1460. The summed E-state index contributed by atoms with van der Waals surface area (Å²) in [5.74, 6) is -0.425. The molecule has 0 aromatic heterocycles. The van der Waals surface area contributed by atoms with E-state index in [-0.39, 0.29) is 77.6 Å². The van der Waals surface area contributed by atoms with Crippen molar-refractivity contribution in [2.45, 2.75) is 51.6 Å². The van der Waals surface area contributed by atoms with Gasteiger partial charge in [0.05, 0.1) is 0 Å². The molecule has 282 valence electrons. The van der Waals surface area contributed by atoms with Crippen LogP contribution in [0.2, 0.25) is 0 Å². The summed E-state index contributed by atoms with van der Waals surface area (Å²) in [6.07, 6.45) is 0. The summed E-state index contributed by atoms with van der Waals surface area (Å²) in [5, 5.41) is 27.1. The van der Waals surface area contributed by atoms with Crippen molar-refractivity contribution in [1.29, 1.82) is 0 Å². The molecule has 2 aliphatic heterocycles. The highest BCUT2D eigenvalue weighted by molar-refractivity contribution is 5.84. The zero-order valence-electron chi connectivity index (χ0n) is 29.8. The summed E-state index contributed by atoms with van der Waals surface area (Å²) >= 11 is 0. The van der Waals surface area contributed by atoms with E-state index < -0.39 is 23.4 Å². The second-order valence-corrected chi connectivity index (χ2v) is 12.8. The molecule has 0 bridgehead atoms. The number of benzene rings is 2. The Morgan fingerprint density at radius 1 is 0.596 bits per heavy atom. The lowest BCUT2D eigenvalue weighted by Gasteiger charge is -2.37. The fourth-order valence-electron chi connectivity index (χ4n) is 5.56. The third-order valence-corrected chi connectivity index (χ3v) is 8.88. The van der Waals surface area contributed by atoms with Crippen molar-refractivity contribution in [3.8, 4) is 11.8 Å². The van der Waals surface area contributed by atoms with Crippen molar-refractivity contribution >= 4 is 23.9 Å². The van der Waals surface area contributed by atoms with Crippen LogP contribution in [-0.2, 0) is 45.2 Å². The number of rotatable bonds is 12. The topological polar surface area (TPSA) is 216 Å². The summed E-state index contributed by atoms with van der Waals surface area (Å²) in [6.45, 7) is 5.40. The quantitative estimate of drug-likeness (QED) is 0.122. The number of urea groups is 2. The fourth-order valence-corrected chi connectivity index (χ4v) is 5.56. The van der Waals surface area contributed by atoms with Gasteiger partial charge in [-0.05, 0) is 36.1 Å². The molecule has 0 spiro atoms. The molecule has 0 aliphatic carbocycles. The first-order valence-electron chi connectivity index (χ1n) is 17.2. The molecule has 2 heterocycles. The predicted molar refractivity (Wildman–Crippen MR) is 190 cm³/mol. The number of nitrogens with one attached hydrogen (secondary N) is 2. The van der Waals surface area contributed by atoms with Gasteiger partial charge in [-0.1, -0.05) is 60.4 Å². The van der Waals surface area contributed by atoms with E-state index in [1.807, 2.05) is 48.5 Å². The third-order valence-electron chi connectivity index (χ3n) is 8.88. The standard InChI is InChI=1S/C36H50N8O8/c1-35(49,31(45)41-13-17-43(18-14-41)33(47)39-25-29-9-5-27(23-37)6-10-29)51-21-3-4-22-52-36(2,50)32(46)42-15-19-44(20-16-42)34(48)40-26-30-11-7-28(24-38)8-12-30/h5-12,49-50H,13-26,37-38H2,1-2H3,(H,39,47)(H,40,48). The van der Waals surface area contributed by atoms with Crippen molar-refractivity contribution in [3.63, 3.8) is 0 Å². The minimum Gasteiger partial charge on any atom is -0.358 e. The van der Waals surface area contributed by atoms with E-state index in [4.69, 9.17) is 20.9 Å². The SMILES string of the molecule is CC(O)(OCC#CCOC(C)(O)C(=O)N1CCN(C(=O)NCc2ccc(CN)cc2)CC1)C(=O)N1CCN(C(=O)NCc2ccc(CN)cc2)CC1. The summed E-state index contributed by atoms with van der Waals surface area (Å²) < 4.78 is 10.7. The Labute approximate surface area is 304 Å². The van der Waals surface area contributed by atoms with Crippen LogP contribution in [0.15, 0.2) is 48.5 Å². The van der Waals surface area contributed by atoms with Gasteiger partial charge in [0.1, 0.15) is 13.2 Å². The summed E-state index contributed by atoms with van der Waals surface area (Å²) in [6, 6.07) is 14.8. The number of hydrogen-bond acceptors (Lipinski definition) is 10. The molecule has 2 aromatic rings. The number of ether oxygens (including phenoxy) is 2. The second kappa shape index (κ2) is 18.6. The molecule has 6 amide bonds. The highest BCUT2D eigenvalue weighted by atomic mass is 16.6. The van der Waals surface area contributed by atoms with Crippen molar-refractivity contribution in [2.75, 3.05) is 65.6 Å². The van der Waals surface area contributed by atoms with Crippen LogP contribution in [0.1, 0.15) is 36.1 Å². The number of nitrogens with zero attached hydrogens (tertiary/aromatic N) is 4. The van der Waals surface area contributed by atoms with Gasteiger partial charge in [-0.2, -0.15) is 0 Å². The number of carbonyl (C=O) groups excluding carboxylic acids is 4. The smallest absolute Gasteiger partial charge is 0.317 e. The molecule has 2 aromatic carbocycles. The van der Waals surface area contributed by atoms with Gasteiger partial charge in [0.25, 0.3) is 11.8 Å². The molecule has 2 fully saturated rings. The van der Waals surface area contributed by atoms with E-state index in [9.17, 15) is 29.4 Å². The van der Waals surface area contributed by atoms with Crippen molar-refractivity contribution in [2.24, 2.45) is 11.5 Å². The second-order valence-electron chi connectivity index (χ2n) is 12.8. The number of piperazine rings is 2. The lowest BCUT2D eigenvalue weighted by atomic mass is 10.1. The van der Waals surface area contributed by atoms with Crippen LogP contribution >= 0.6 is 0 Å². The fraction of sp³-hybridized carbons (Fsp3) is 0.500. The van der Waals surface area contributed by atoms with Crippen LogP contribution in [0.5, 0.6) is 0 Å². The first kappa shape index (κ1) is 40.0. The van der Waals surface area contributed by atoms with Gasteiger partial charge in [-0.3, -0.25) is 9.59 Å². The van der Waals surface area contributed by atoms with E-state index in [1.54, 1.807) is 9.80 Å². The minimum atomic E-state index is -2.16. The van der Waals surface area contributed by atoms with E-state index in [1.165, 1.54) is 23.6 Å². The van der Waals surface area contributed by atoms with Gasteiger partial charge in [0.15, 0.2) is 0 Å². The zero-order valence-corrected chi connectivity index (χ0v) is 29.8. The Kier molecular flexibility index (Phi) is 14.4. The van der Waals surface area contributed by atoms with Gasteiger partial charge in [-0.25, -0.2) is 9.59 Å². The summed E-state index contributed by atoms with van der Waals surface area (Å²) in [7, 11) is 0. The Hall–Kier alpha value is -4.76. The van der Waals surface area contributed by atoms with Crippen molar-refractivity contribution < 1.29 is 38.9 Å². The van der Waals surface area contributed by atoms with Gasteiger partial charge >= 0.3 is 12.1 Å². The van der Waals surface area contributed by atoms with Gasteiger partial charge in [0, 0.05) is 78.5 Å². The first-order valence-corrected chi connectivity index (χ1v) is 17.2. The third kappa shape index (κ3) is 11.4. The number of amides is 6. The molecule has 0 saturated carbocycles. The van der Waals surface area contributed by atoms with Gasteiger partial charge < -0.3 is 61.4 Å². The highest BCUT2D eigenvalue weighted by Crippen LogP contribution is 2.15. The lowest BCUT2D eigenvalue weighted by molar-refractivity contribution is -0.206. The summed E-state index contributed by atoms with van der Waals surface area (Å²) in [5.41, 5.74) is 15.1. The van der Waals surface area contributed by atoms with Crippen LogP contribution < -0.4 is 22.1 Å². The molecule has 2 atom stereocenters. The molecule has 8 N–H and O–H groups in total. The van der Waals surface area contributed by atoms with E-state index in [2.05, 4.69) is 22.5 Å². The van der Waals surface area contributed by atoms with E-state index in [0.29, 0.717) is 26.2 Å². The van der Waals surface area contributed by atoms with Gasteiger partial charge in [0.2, 0.25) is 11.6 Å². The van der Waals surface area contributed by atoms with Crippen LogP contribution in [0, 0.1) is 11.8 Å². The van der Waals surface area contributed by atoms with Crippen molar-refractivity contribution in [3.05, 3.63) is 70.8 Å². The normalized spacial score (nSPS) is 17.0. The average Bonchev–Trinajstić information content (AvgIpc) is 3.17. The molecule has 2 aliphatic rings. The maximum atomic E-state index is 13.0. The summed E-state index contributed by atoms with van der Waals surface area (Å²) in [4.78, 5) is 57.2. The zero-order chi connectivity index (χ0) is 37.7. The lowest BCUT2D eigenvalue weighted by Crippen LogP contribution is -2.57. The Morgan fingerprint density at radius 2 is 0.885 bits per heavy atom. The number of carbonyl (C=O) groups is 4. The maximum Gasteiger partial charge on any atom is 0.317 e. The molecule has 16 nitrogen and oxygen atoms in total. The van der Waals surface area contributed by atoms with E-state index in [0.717, 1.165) is 22.3 Å². The molecule has 2 saturated heterocycles. The average molecular weight is 723 g/mol. The van der Waals surface area contributed by atoms with Crippen LogP contribution in [-0.4, -0.2) is 131 Å². The first-order chi connectivity index (χ1) is 24.8. The predicted octanol–water partition coefficient (Wildman–Crippen LogP) is -0.535. The van der Waals surface area contributed by atoms with Crippen LogP contribution in [0.3, 0.4) is 0 Å². The number of hydrogen-bond donors (Lipinski definition) is 6. The Balaban J connectivity index is 1.11. The maximum absolute atomic E-state index is 13.0. The molecule has 0 radical (unpaired) electrons. The largest absolute Gasteiger partial charge is 0.358 e. The molecule has 2 unspecified atom stereocenters. The number of nitrogens with two attached hydrogens (primary N) is 2. The molecule has 4 rings (SSSR count). The molecule has 52 heavy (non-hydrogen) atoms. The van der Waals surface area contributed by atoms with Crippen LogP contribution in [0.25, 0.3) is 0 Å². The minimum absolute atomic E-state index is 0.215. The highest BCUT2D eigenvalue weighted by Gasteiger charge is 2.38.